The van der Waals surface area contributed by atoms with Gasteiger partial charge in [-0.1, -0.05) is 26.7 Å². The lowest BCUT2D eigenvalue weighted by atomic mass is 9.96. The lowest BCUT2D eigenvalue weighted by molar-refractivity contribution is -0.148. The van der Waals surface area contributed by atoms with E-state index in [-0.39, 0.29) is 12.5 Å². The molecule has 5 heteroatoms. The Bertz CT molecular complexity index is 255. The van der Waals surface area contributed by atoms with Gasteiger partial charge in [0.2, 0.25) is 5.91 Å². The monoisotopic (exact) mass is 245 g/mol. The van der Waals surface area contributed by atoms with E-state index >= 15 is 0 Å². The van der Waals surface area contributed by atoms with Crippen molar-refractivity contribution in [2.75, 3.05) is 13.2 Å². The number of hydrogen-bond acceptors (Lipinski definition) is 3. The van der Waals surface area contributed by atoms with Crippen molar-refractivity contribution in [2.24, 2.45) is 0 Å². The van der Waals surface area contributed by atoms with Crippen LogP contribution in [0.4, 0.5) is 0 Å². The van der Waals surface area contributed by atoms with Crippen molar-refractivity contribution in [3.05, 3.63) is 0 Å². The second-order valence-electron chi connectivity index (χ2n) is 4.34. The van der Waals surface area contributed by atoms with Crippen LogP contribution in [0, 0.1) is 0 Å². The molecule has 0 aromatic heterocycles. The fourth-order valence-corrected chi connectivity index (χ4v) is 1.48. The van der Waals surface area contributed by atoms with Crippen LogP contribution in [0.1, 0.15) is 46.5 Å². The molecule has 0 aliphatic heterocycles. The highest BCUT2D eigenvalue weighted by atomic mass is 16.5. The summed E-state index contributed by atoms with van der Waals surface area (Å²) in [6.45, 7) is 5.88. The van der Waals surface area contributed by atoms with E-state index in [4.69, 9.17) is 9.84 Å². The quantitative estimate of drug-likeness (QED) is 0.604. The molecule has 1 amide bonds. The molecule has 0 radical (unpaired) electrons. The second-order valence-corrected chi connectivity index (χ2v) is 4.34. The maximum atomic E-state index is 11.5. The molecule has 0 spiro atoms. The summed E-state index contributed by atoms with van der Waals surface area (Å²) < 4.78 is 5.13. The molecule has 0 saturated heterocycles. The number of aliphatic carboxylic acids is 1. The minimum atomic E-state index is -1.19. The number of amides is 1. The SMILES string of the molecule is CCCCOCC(=O)N[C@](C)(CCC)C(=O)O. The van der Waals surface area contributed by atoms with Gasteiger partial charge in [0.1, 0.15) is 12.1 Å². The maximum Gasteiger partial charge on any atom is 0.329 e. The third kappa shape index (κ3) is 6.26. The Hall–Kier alpha value is -1.10. The van der Waals surface area contributed by atoms with E-state index in [0.717, 1.165) is 12.8 Å². The van der Waals surface area contributed by atoms with Gasteiger partial charge in [-0.05, 0) is 19.8 Å². The van der Waals surface area contributed by atoms with Gasteiger partial charge in [-0.3, -0.25) is 4.79 Å². The van der Waals surface area contributed by atoms with Crippen LogP contribution in [0.25, 0.3) is 0 Å². The molecular weight excluding hydrogens is 222 g/mol. The standard InChI is InChI=1S/C12H23NO4/c1-4-6-8-17-9-10(14)13-12(3,7-5-2)11(15)16/h4-9H2,1-3H3,(H,13,14)(H,15,16)/t12-/m1/s1. The number of hydrogen-bond donors (Lipinski definition) is 2. The molecular formula is C12H23NO4. The number of nitrogens with one attached hydrogen (secondary N) is 1. The number of carboxylic acid groups (broad SMARTS) is 1. The van der Waals surface area contributed by atoms with Gasteiger partial charge in [0.25, 0.3) is 0 Å². The topological polar surface area (TPSA) is 75.6 Å². The van der Waals surface area contributed by atoms with Gasteiger partial charge in [-0.15, -0.1) is 0 Å². The summed E-state index contributed by atoms with van der Waals surface area (Å²) >= 11 is 0. The smallest absolute Gasteiger partial charge is 0.329 e. The molecule has 17 heavy (non-hydrogen) atoms. The summed E-state index contributed by atoms with van der Waals surface area (Å²) in [5.74, 6) is -1.39. The zero-order valence-electron chi connectivity index (χ0n) is 10.9. The fourth-order valence-electron chi connectivity index (χ4n) is 1.48. The van der Waals surface area contributed by atoms with Crippen LogP contribution in [0.5, 0.6) is 0 Å². The van der Waals surface area contributed by atoms with Gasteiger partial charge >= 0.3 is 5.97 Å². The van der Waals surface area contributed by atoms with Crippen molar-refractivity contribution in [2.45, 2.75) is 52.0 Å². The van der Waals surface area contributed by atoms with E-state index in [1.165, 1.54) is 6.92 Å². The Morgan fingerprint density at radius 1 is 1.29 bits per heavy atom. The van der Waals surface area contributed by atoms with Crippen LogP contribution < -0.4 is 5.32 Å². The Morgan fingerprint density at radius 3 is 2.41 bits per heavy atom. The first-order valence-electron chi connectivity index (χ1n) is 6.08. The van der Waals surface area contributed by atoms with E-state index in [9.17, 15) is 9.59 Å². The molecule has 0 aromatic rings. The number of carboxylic acids is 1. The number of carbonyl (C=O) groups excluding carboxylic acids is 1. The molecule has 1 atom stereocenters. The third-order valence-electron chi connectivity index (χ3n) is 2.51. The maximum absolute atomic E-state index is 11.5. The van der Waals surface area contributed by atoms with Crippen molar-refractivity contribution < 1.29 is 19.4 Å². The number of rotatable bonds is 9. The zero-order chi connectivity index (χ0) is 13.3. The first-order chi connectivity index (χ1) is 7.96. The van der Waals surface area contributed by atoms with Crippen molar-refractivity contribution in [3.63, 3.8) is 0 Å². The average Bonchev–Trinajstić information content (AvgIpc) is 2.24. The summed E-state index contributed by atoms with van der Waals surface area (Å²) in [6, 6.07) is 0. The number of carbonyl (C=O) groups is 2. The number of unbranched alkanes of at least 4 members (excludes halogenated alkanes) is 1. The molecule has 0 saturated carbocycles. The molecule has 0 aliphatic carbocycles. The number of ether oxygens (including phenoxy) is 1. The van der Waals surface area contributed by atoms with E-state index in [0.29, 0.717) is 19.4 Å². The molecule has 0 fully saturated rings. The highest BCUT2D eigenvalue weighted by Gasteiger charge is 2.33. The first kappa shape index (κ1) is 15.9. The predicted molar refractivity (Wildman–Crippen MR) is 64.8 cm³/mol. The normalized spacial score (nSPS) is 14.1. The Morgan fingerprint density at radius 2 is 1.94 bits per heavy atom. The minimum absolute atomic E-state index is 0.0768. The predicted octanol–water partition coefficient (Wildman–Crippen LogP) is 1.56. The molecule has 0 heterocycles. The van der Waals surface area contributed by atoms with Gasteiger partial charge in [0.05, 0.1) is 0 Å². The van der Waals surface area contributed by atoms with Gasteiger partial charge in [-0.25, -0.2) is 4.79 Å². The minimum Gasteiger partial charge on any atom is -0.480 e. The van der Waals surface area contributed by atoms with E-state index in [1.54, 1.807) is 0 Å². The lowest BCUT2D eigenvalue weighted by Gasteiger charge is -2.25. The van der Waals surface area contributed by atoms with Crippen LogP contribution in [-0.2, 0) is 14.3 Å². The average molecular weight is 245 g/mol. The largest absolute Gasteiger partial charge is 0.480 e. The highest BCUT2D eigenvalue weighted by molar-refractivity contribution is 5.87. The Labute approximate surface area is 103 Å². The Kier molecular flexibility index (Phi) is 7.54. The van der Waals surface area contributed by atoms with E-state index < -0.39 is 11.5 Å². The molecule has 0 rings (SSSR count). The van der Waals surface area contributed by atoms with Crippen LogP contribution in [0.15, 0.2) is 0 Å². The summed E-state index contributed by atoms with van der Waals surface area (Å²) in [4.78, 5) is 22.6. The first-order valence-corrected chi connectivity index (χ1v) is 6.08. The van der Waals surface area contributed by atoms with Crippen LogP contribution in [0.2, 0.25) is 0 Å². The van der Waals surface area contributed by atoms with Gasteiger partial charge in [0.15, 0.2) is 0 Å². The summed E-state index contributed by atoms with van der Waals surface area (Å²) in [6.07, 6.45) is 3.01. The summed E-state index contributed by atoms with van der Waals surface area (Å²) in [5, 5.41) is 11.6. The van der Waals surface area contributed by atoms with E-state index in [1.807, 2.05) is 13.8 Å². The summed E-state index contributed by atoms with van der Waals surface area (Å²) in [7, 11) is 0. The Balaban J connectivity index is 4.09. The lowest BCUT2D eigenvalue weighted by Crippen LogP contribution is -2.53. The fraction of sp³-hybridized carbons (Fsp3) is 0.833. The second kappa shape index (κ2) is 8.06. The molecule has 0 unspecified atom stereocenters. The van der Waals surface area contributed by atoms with E-state index in [2.05, 4.69) is 5.32 Å². The molecule has 100 valence electrons. The molecule has 0 aromatic carbocycles. The molecule has 0 aliphatic rings. The molecule has 5 nitrogen and oxygen atoms in total. The van der Waals surface area contributed by atoms with Crippen molar-refractivity contribution in [1.29, 1.82) is 0 Å². The van der Waals surface area contributed by atoms with Crippen LogP contribution in [-0.4, -0.2) is 35.7 Å². The van der Waals surface area contributed by atoms with Crippen molar-refractivity contribution >= 4 is 11.9 Å². The van der Waals surface area contributed by atoms with Gasteiger partial charge in [-0.2, -0.15) is 0 Å². The highest BCUT2D eigenvalue weighted by Crippen LogP contribution is 2.12. The van der Waals surface area contributed by atoms with Gasteiger partial charge in [0, 0.05) is 6.61 Å². The van der Waals surface area contributed by atoms with Crippen molar-refractivity contribution in [3.8, 4) is 0 Å². The molecule has 0 bridgehead atoms. The van der Waals surface area contributed by atoms with Crippen molar-refractivity contribution in [1.82, 2.24) is 5.32 Å². The molecule has 2 N–H and O–H groups in total. The van der Waals surface area contributed by atoms with Gasteiger partial charge < -0.3 is 15.2 Å². The van der Waals surface area contributed by atoms with Crippen LogP contribution >= 0.6 is 0 Å². The van der Waals surface area contributed by atoms with Crippen LogP contribution in [0.3, 0.4) is 0 Å². The zero-order valence-corrected chi connectivity index (χ0v) is 10.9. The third-order valence-corrected chi connectivity index (χ3v) is 2.51. The summed E-state index contributed by atoms with van der Waals surface area (Å²) in [5.41, 5.74) is -1.19.